The second-order valence-corrected chi connectivity index (χ2v) is 25.7. The molecule has 0 aromatic carbocycles. The van der Waals surface area contributed by atoms with Crippen LogP contribution in [0.3, 0.4) is 0 Å². The molecular formula is C77H135NO13. The third-order valence-electron chi connectivity index (χ3n) is 17.5. The minimum atomic E-state index is -1.80. The number of ether oxygens (including phenoxy) is 4. The topological polar surface area (TPSA) is 228 Å². The molecule has 9 N–H and O–H groups in total. The van der Waals surface area contributed by atoms with Crippen LogP contribution in [0.15, 0.2) is 97.2 Å². The van der Waals surface area contributed by atoms with E-state index in [0.717, 1.165) is 77.0 Å². The van der Waals surface area contributed by atoms with Gasteiger partial charge in [0.1, 0.15) is 48.8 Å². The molecule has 526 valence electrons. The van der Waals surface area contributed by atoms with Crippen LogP contribution >= 0.6 is 0 Å². The zero-order valence-electron chi connectivity index (χ0n) is 57.3. The third kappa shape index (κ3) is 44.3. The van der Waals surface area contributed by atoms with Gasteiger partial charge in [-0.3, -0.25) is 4.79 Å². The fraction of sp³-hybridized carbons (Fsp3) is 0.779. The molecule has 14 heteroatoms. The number of amides is 1. The van der Waals surface area contributed by atoms with E-state index in [1.807, 2.05) is 6.08 Å². The Morgan fingerprint density at radius 2 is 0.769 bits per heavy atom. The molecule has 12 unspecified atom stereocenters. The van der Waals surface area contributed by atoms with Crippen molar-refractivity contribution in [2.45, 2.75) is 364 Å². The molecule has 0 aliphatic carbocycles. The van der Waals surface area contributed by atoms with Gasteiger partial charge in [-0.1, -0.05) is 297 Å². The Kier molecular flexibility index (Phi) is 55.9. The molecule has 2 saturated heterocycles. The second kappa shape index (κ2) is 60.6. The van der Waals surface area contributed by atoms with Crippen LogP contribution in [-0.4, -0.2) is 140 Å². The van der Waals surface area contributed by atoms with Gasteiger partial charge in [0.05, 0.1) is 32.0 Å². The first-order valence-corrected chi connectivity index (χ1v) is 37.0. The maximum atomic E-state index is 13.4. The van der Waals surface area contributed by atoms with Crippen molar-refractivity contribution in [2.24, 2.45) is 0 Å². The summed E-state index contributed by atoms with van der Waals surface area (Å²) in [4.78, 5) is 13.4. The van der Waals surface area contributed by atoms with E-state index in [1.54, 1.807) is 6.08 Å². The Hall–Kier alpha value is -3.09. The van der Waals surface area contributed by atoms with Gasteiger partial charge in [-0.15, -0.1) is 0 Å². The maximum absolute atomic E-state index is 13.4. The molecule has 0 saturated carbocycles. The van der Waals surface area contributed by atoms with Crippen LogP contribution in [0.2, 0.25) is 0 Å². The Morgan fingerprint density at radius 3 is 1.21 bits per heavy atom. The summed E-state index contributed by atoms with van der Waals surface area (Å²) in [5.74, 6) is -0.255. The predicted molar refractivity (Wildman–Crippen MR) is 373 cm³/mol. The molecule has 91 heavy (non-hydrogen) atoms. The number of aliphatic hydroxyl groups is 8. The van der Waals surface area contributed by atoms with Gasteiger partial charge in [0.15, 0.2) is 12.6 Å². The average molecular weight is 1280 g/mol. The lowest BCUT2D eigenvalue weighted by Gasteiger charge is -2.46. The number of nitrogens with one attached hydrogen (secondary N) is 1. The summed E-state index contributed by atoms with van der Waals surface area (Å²) in [6, 6.07) is -0.942. The molecule has 0 radical (unpaired) electrons. The Morgan fingerprint density at radius 1 is 0.407 bits per heavy atom. The Bertz CT molecular complexity index is 1900. The van der Waals surface area contributed by atoms with E-state index in [4.69, 9.17) is 18.9 Å². The number of carbonyl (C=O) groups is 1. The Labute approximate surface area is 553 Å². The zero-order chi connectivity index (χ0) is 65.9. The normalized spacial score (nSPS) is 23.4. The van der Waals surface area contributed by atoms with E-state index in [-0.39, 0.29) is 18.9 Å². The van der Waals surface area contributed by atoms with Crippen molar-refractivity contribution in [1.29, 1.82) is 0 Å². The fourth-order valence-corrected chi connectivity index (χ4v) is 11.7. The molecule has 2 heterocycles. The van der Waals surface area contributed by atoms with Gasteiger partial charge >= 0.3 is 0 Å². The lowest BCUT2D eigenvalue weighted by Crippen LogP contribution is -2.65. The smallest absolute Gasteiger partial charge is 0.220 e. The first-order chi connectivity index (χ1) is 44.6. The van der Waals surface area contributed by atoms with Crippen LogP contribution < -0.4 is 5.32 Å². The molecule has 2 aliphatic heterocycles. The van der Waals surface area contributed by atoms with Crippen LogP contribution in [0.1, 0.15) is 290 Å². The van der Waals surface area contributed by atoms with Gasteiger partial charge in [-0.25, -0.2) is 0 Å². The number of carbonyl (C=O) groups excluding carboxylic acids is 1. The van der Waals surface area contributed by atoms with Gasteiger partial charge in [-0.05, 0) is 83.5 Å². The molecule has 14 nitrogen and oxygen atoms in total. The van der Waals surface area contributed by atoms with Crippen molar-refractivity contribution in [3.8, 4) is 0 Å². The summed E-state index contributed by atoms with van der Waals surface area (Å²) in [6.45, 7) is 2.69. The third-order valence-corrected chi connectivity index (χ3v) is 17.5. The minimum Gasteiger partial charge on any atom is -0.394 e. The van der Waals surface area contributed by atoms with Gasteiger partial charge < -0.3 is 65.1 Å². The Balaban J connectivity index is 1.69. The number of hydrogen-bond acceptors (Lipinski definition) is 13. The van der Waals surface area contributed by atoms with Crippen LogP contribution in [-0.2, 0) is 23.7 Å². The highest BCUT2D eigenvalue weighted by Gasteiger charge is 2.51. The number of allylic oxidation sites excluding steroid dienone is 15. The number of unbranched alkanes of at least 4 members (excludes halogenated alkanes) is 33. The summed E-state index contributed by atoms with van der Waals surface area (Å²) in [6.07, 6.45) is 68.9. The van der Waals surface area contributed by atoms with Gasteiger partial charge in [0, 0.05) is 6.42 Å². The van der Waals surface area contributed by atoms with E-state index in [0.29, 0.717) is 12.8 Å². The molecule has 2 rings (SSSR count). The second-order valence-electron chi connectivity index (χ2n) is 25.7. The monoisotopic (exact) mass is 1280 g/mol. The molecular weight excluding hydrogens is 1150 g/mol. The maximum Gasteiger partial charge on any atom is 0.220 e. The highest BCUT2D eigenvalue weighted by Crippen LogP contribution is 2.30. The highest BCUT2D eigenvalue weighted by atomic mass is 16.7. The van der Waals surface area contributed by atoms with Crippen molar-refractivity contribution < 1.29 is 64.6 Å². The highest BCUT2D eigenvalue weighted by molar-refractivity contribution is 5.76. The first kappa shape index (κ1) is 84.0. The van der Waals surface area contributed by atoms with Crippen LogP contribution in [0, 0.1) is 0 Å². The van der Waals surface area contributed by atoms with Crippen molar-refractivity contribution in [3.05, 3.63) is 97.2 Å². The van der Waals surface area contributed by atoms with E-state index >= 15 is 0 Å². The van der Waals surface area contributed by atoms with E-state index in [9.17, 15) is 45.6 Å². The summed E-state index contributed by atoms with van der Waals surface area (Å²) >= 11 is 0. The standard InChI is InChI=1S/C77H135NO13/c1-3-5-7-9-11-13-15-17-19-21-23-25-27-29-31-33-35-37-39-41-43-45-47-49-51-53-55-57-59-61-69(82)78-65(64-88-76-74(87)72(85)75(68(63-80)90-76)91-77-73(86)71(84)70(83)67(62-79)89-77)66(81)60-58-56-54-52-50-48-46-44-42-40-38-36-34-32-30-28-26-24-22-20-18-16-14-12-10-8-6-4-2/h5,7,11,13,17,19,23,25,29,31,35,37,50,52,58,60,65-68,70-77,79-81,83-87H,3-4,6,8-10,12,14-16,18,20-22,24,26-28,30,32-34,36,38-49,51,53-57,59,61-64H2,1-2H3,(H,78,82)/b7-5-,13-11-,19-17-,25-23-,31-29-,37-35-,52-50+,60-58+. The number of rotatable bonds is 60. The molecule has 0 spiro atoms. The van der Waals surface area contributed by atoms with Crippen LogP contribution in [0.4, 0.5) is 0 Å². The van der Waals surface area contributed by atoms with Gasteiger partial charge in [0.25, 0.3) is 0 Å². The summed E-state index contributed by atoms with van der Waals surface area (Å²) in [7, 11) is 0. The van der Waals surface area contributed by atoms with Crippen molar-refractivity contribution in [3.63, 3.8) is 0 Å². The lowest BCUT2D eigenvalue weighted by molar-refractivity contribution is -0.359. The largest absolute Gasteiger partial charge is 0.394 e. The fourth-order valence-electron chi connectivity index (χ4n) is 11.7. The van der Waals surface area contributed by atoms with Gasteiger partial charge in [0.2, 0.25) is 5.91 Å². The quantitative estimate of drug-likeness (QED) is 0.0204. The molecule has 2 fully saturated rings. The van der Waals surface area contributed by atoms with Crippen LogP contribution in [0.25, 0.3) is 0 Å². The molecule has 0 bridgehead atoms. The van der Waals surface area contributed by atoms with Crippen molar-refractivity contribution in [2.75, 3.05) is 19.8 Å². The minimum absolute atomic E-state index is 0.255. The van der Waals surface area contributed by atoms with E-state index < -0.39 is 86.8 Å². The first-order valence-electron chi connectivity index (χ1n) is 37.0. The van der Waals surface area contributed by atoms with E-state index in [2.05, 4.69) is 104 Å². The number of hydrogen-bond donors (Lipinski definition) is 9. The SMILES string of the molecule is CC/C=C\C/C=C\C/C=C\C/C=C\C/C=C\C/C=C\CCCCCCCCCCCCC(=O)NC(COC1OC(CO)C(OC2OC(CO)C(O)C(O)C2O)C(O)C1O)C(O)/C=C/CC/C=C/CCCCCCCCCCCCCCCCCCCCCCCC. The molecule has 2 aliphatic rings. The molecule has 0 aromatic heterocycles. The molecule has 1 amide bonds. The number of aliphatic hydroxyl groups excluding tert-OH is 8. The molecule has 0 aromatic rings. The lowest BCUT2D eigenvalue weighted by atomic mass is 9.97. The zero-order valence-corrected chi connectivity index (χ0v) is 57.3. The van der Waals surface area contributed by atoms with Gasteiger partial charge in [-0.2, -0.15) is 0 Å². The van der Waals surface area contributed by atoms with Crippen LogP contribution in [0.5, 0.6) is 0 Å². The summed E-state index contributed by atoms with van der Waals surface area (Å²) in [5.41, 5.74) is 0. The average Bonchev–Trinajstić information content (AvgIpc) is 1.06. The van der Waals surface area contributed by atoms with E-state index in [1.165, 1.54) is 180 Å². The summed E-state index contributed by atoms with van der Waals surface area (Å²) < 4.78 is 22.9. The molecule has 12 atom stereocenters. The van der Waals surface area contributed by atoms with Crippen molar-refractivity contribution in [1.82, 2.24) is 5.32 Å². The predicted octanol–water partition coefficient (Wildman–Crippen LogP) is 15.7. The van der Waals surface area contributed by atoms with Crippen molar-refractivity contribution >= 4 is 5.91 Å². The summed E-state index contributed by atoms with van der Waals surface area (Å²) in [5, 5.41) is 87.5.